The molecule has 18 heteroatoms. The Morgan fingerprint density at radius 2 is 1.30 bits per heavy atom. The van der Waals surface area contributed by atoms with E-state index in [0.29, 0.717) is 12.8 Å². The van der Waals surface area contributed by atoms with Crippen molar-refractivity contribution in [1.29, 1.82) is 0 Å². The standard InChI is InChI=1S/C55H83Cl3NO13P/c1-4-7-9-11-13-15-16-18-20-22-27-35-48(60)69-46(34-26-21-19-17-14-12-10-8-5-2)37-49(61)71-52-50(59-54(62)66-42-55(56,57)58)53(65-36-6-3)70-47(41-64-38-43-30-24-23-25-31-43)51(52)72-73(63)67-39-44-32-28-29-33-45(44)40-68-73/h6,23-25,28-33,46-47,50-53H,3-5,7-22,26-27,34-42H2,1-2H3,(H,59,62)/t46-,47-,50-,51-,52-,53+/m1/s1. The van der Waals surface area contributed by atoms with Gasteiger partial charge in [0.05, 0.1) is 39.5 Å². The first kappa shape index (κ1) is 62.8. The molecule has 2 aliphatic heterocycles. The van der Waals surface area contributed by atoms with Gasteiger partial charge in [-0.25, -0.2) is 9.36 Å². The van der Waals surface area contributed by atoms with Crippen molar-refractivity contribution in [3.8, 4) is 0 Å². The number of phosphoric ester groups is 1. The fourth-order valence-electron chi connectivity index (χ4n) is 8.79. The van der Waals surface area contributed by atoms with E-state index >= 15 is 0 Å². The van der Waals surface area contributed by atoms with E-state index in [1.165, 1.54) is 76.7 Å². The highest BCUT2D eigenvalue weighted by Gasteiger charge is 2.54. The van der Waals surface area contributed by atoms with E-state index in [-0.39, 0.29) is 51.8 Å². The number of carbonyl (C=O) groups excluding carboxylic acids is 3. The van der Waals surface area contributed by atoms with Crippen molar-refractivity contribution in [2.75, 3.05) is 19.8 Å². The van der Waals surface area contributed by atoms with Gasteiger partial charge in [0, 0.05) is 6.42 Å². The summed E-state index contributed by atoms with van der Waals surface area (Å²) in [6.45, 7) is 7.17. The van der Waals surface area contributed by atoms with E-state index in [1.54, 1.807) is 0 Å². The number of unbranched alkanes of at least 4 members (excludes halogenated alkanes) is 18. The van der Waals surface area contributed by atoms with Gasteiger partial charge in [0.1, 0.15) is 31.0 Å². The lowest BCUT2D eigenvalue weighted by Crippen LogP contribution is -2.66. The third kappa shape index (κ3) is 26.2. The molecular formula is C55H83Cl3NO13P. The second kappa shape index (κ2) is 36.3. The molecule has 0 radical (unpaired) electrons. The summed E-state index contributed by atoms with van der Waals surface area (Å²) in [4.78, 5) is 41.5. The largest absolute Gasteiger partial charge is 0.475 e. The van der Waals surface area contributed by atoms with Gasteiger partial charge in [-0.1, -0.05) is 225 Å². The van der Waals surface area contributed by atoms with Crippen molar-refractivity contribution in [3.63, 3.8) is 0 Å². The lowest BCUT2D eigenvalue weighted by atomic mass is 9.96. The summed E-state index contributed by atoms with van der Waals surface area (Å²) >= 11 is 17.8. The third-order valence-electron chi connectivity index (χ3n) is 12.8. The summed E-state index contributed by atoms with van der Waals surface area (Å²) in [6.07, 6.45) is 16.7. The van der Waals surface area contributed by atoms with Gasteiger partial charge >= 0.3 is 25.9 Å². The molecule has 6 atom stereocenters. The molecule has 0 spiro atoms. The Bertz CT molecular complexity index is 1880. The van der Waals surface area contributed by atoms with Crippen molar-refractivity contribution in [2.45, 2.75) is 222 Å². The molecule has 1 fully saturated rings. The molecule has 0 aliphatic carbocycles. The summed E-state index contributed by atoms with van der Waals surface area (Å²) in [5.74, 6) is -1.19. The molecule has 4 rings (SSSR count). The zero-order valence-electron chi connectivity index (χ0n) is 43.3. The number of phosphoric acid groups is 1. The minimum atomic E-state index is -4.51. The van der Waals surface area contributed by atoms with Gasteiger partial charge in [-0.2, -0.15) is 0 Å². The Morgan fingerprint density at radius 3 is 1.86 bits per heavy atom. The van der Waals surface area contributed by atoms with E-state index in [9.17, 15) is 18.9 Å². The van der Waals surface area contributed by atoms with Gasteiger partial charge in [-0.3, -0.25) is 23.2 Å². The number of fused-ring (bicyclic) bond motifs is 1. The highest BCUT2D eigenvalue weighted by Crippen LogP contribution is 2.55. The lowest BCUT2D eigenvalue weighted by Gasteiger charge is -2.45. The predicted molar refractivity (Wildman–Crippen MR) is 285 cm³/mol. The number of benzene rings is 2. The Balaban J connectivity index is 1.58. The maximum atomic E-state index is 14.7. The van der Waals surface area contributed by atoms with Gasteiger partial charge in [-0.05, 0) is 36.0 Å². The average molecular weight is 1100 g/mol. The quantitative estimate of drug-likeness (QED) is 0.0170. The minimum Gasteiger partial charge on any atom is -0.462 e. The molecule has 0 bridgehead atoms. The fraction of sp³-hybridized carbons (Fsp3) is 0.691. The van der Waals surface area contributed by atoms with E-state index in [1.807, 2.05) is 54.6 Å². The number of rotatable bonds is 37. The normalized spacial score (nSPS) is 20.0. The molecule has 0 aromatic heterocycles. The van der Waals surface area contributed by atoms with Crippen LogP contribution in [0.5, 0.6) is 0 Å². The molecular weight excluding hydrogens is 1020 g/mol. The molecule has 0 unspecified atom stereocenters. The predicted octanol–water partition coefficient (Wildman–Crippen LogP) is 14.7. The van der Waals surface area contributed by atoms with Crippen molar-refractivity contribution in [3.05, 3.63) is 83.9 Å². The van der Waals surface area contributed by atoms with Crippen LogP contribution in [0.15, 0.2) is 67.3 Å². The molecule has 73 heavy (non-hydrogen) atoms. The zero-order chi connectivity index (χ0) is 52.6. The summed E-state index contributed by atoms with van der Waals surface area (Å²) in [5.41, 5.74) is 2.32. The number of hydrogen-bond acceptors (Lipinski definition) is 13. The van der Waals surface area contributed by atoms with Crippen LogP contribution in [-0.2, 0) is 76.0 Å². The number of hydrogen-bond donors (Lipinski definition) is 1. The molecule has 1 saturated heterocycles. The summed E-state index contributed by atoms with van der Waals surface area (Å²) in [7, 11) is -4.51. The van der Waals surface area contributed by atoms with Crippen molar-refractivity contribution < 1.29 is 60.9 Å². The Labute approximate surface area is 450 Å². The zero-order valence-corrected chi connectivity index (χ0v) is 46.5. The molecule has 2 heterocycles. The van der Waals surface area contributed by atoms with Crippen LogP contribution in [0.1, 0.15) is 178 Å². The summed E-state index contributed by atoms with van der Waals surface area (Å²) < 4.78 is 67.2. The number of esters is 2. The number of alkyl carbamates (subject to hydrolysis) is 1. The van der Waals surface area contributed by atoms with Crippen LogP contribution in [0.3, 0.4) is 0 Å². The van der Waals surface area contributed by atoms with Crippen molar-refractivity contribution >= 4 is 60.7 Å². The number of amides is 1. The first-order valence-electron chi connectivity index (χ1n) is 26.9. The Morgan fingerprint density at radius 1 is 0.753 bits per heavy atom. The summed E-state index contributed by atoms with van der Waals surface area (Å²) in [5, 5.41) is 2.65. The van der Waals surface area contributed by atoms with E-state index in [4.69, 9.17) is 76.8 Å². The Hall–Kier alpha value is -2.75. The van der Waals surface area contributed by atoms with Crippen LogP contribution in [0.4, 0.5) is 4.79 Å². The maximum Gasteiger partial charge on any atom is 0.475 e. The highest BCUT2D eigenvalue weighted by molar-refractivity contribution is 7.48. The first-order chi connectivity index (χ1) is 35.3. The van der Waals surface area contributed by atoms with Gasteiger partial charge in [0.15, 0.2) is 12.4 Å². The maximum absolute atomic E-state index is 14.7. The van der Waals surface area contributed by atoms with Gasteiger partial charge in [0.25, 0.3) is 0 Å². The van der Waals surface area contributed by atoms with Crippen LogP contribution < -0.4 is 5.32 Å². The number of ether oxygens (including phenoxy) is 6. The third-order valence-corrected chi connectivity index (χ3v) is 14.5. The monoisotopic (exact) mass is 1100 g/mol. The Kier molecular flexibility index (Phi) is 31.2. The number of alkyl halides is 3. The van der Waals surface area contributed by atoms with Crippen LogP contribution in [0.2, 0.25) is 0 Å². The van der Waals surface area contributed by atoms with Gasteiger partial charge in [0.2, 0.25) is 3.79 Å². The van der Waals surface area contributed by atoms with E-state index in [0.717, 1.165) is 68.1 Å². The SMILES string of the molecule is C=CCO[C@H]1O[C@H](COCc2ccccc2)[C@@H](OP2(=O)OCc3ccccc3CO2)[C@H](OC(=O)C[C@@H](CCCCCCCCCCC)OC(=O)CCCCCCCCCCCCC)[C@H]1NC(=O)OCC(Cl)(Cl)Cl. The number of carbonyl (C=O) groups is 3. The van der Waals surface area contributed by atoms with Gasteiger partial charge < -0.3 is 33.7 Å². The van der Waals surface area contributed by atoms with E-state index in [2.05, 4.69) is 25.7 Å². The average Bonchev–Trinajstić information content (AvgIpc) is 3.54. The van der Waals surface area contributed by atoms with Crippen LogP contribution >= 0.6 is 42.6 Å². The number of halogens is 3. The van der Waals surface area contributed by atoms with Crippen LogP contribution in [-0.4, -0.2) is 78.4 Å². The molecule has 412 valence electrons. The molecule has 2 aliphatic rings. The van der Waals surface area contributed by atoms with Gasteiger partial charge in [-0.15, -0.1) is 6.58 Å². The first-order valence-corrected chi connectivity index (χ1v) is 29.4. The summed E-state index contributed by atoms with van der Waals surface area (Å²) in [6, 6.07) is 15.3. The molecule has 1 N–H and O–H groups in total. The molecule has 14 nitrogen and oxygen atoms in total. The highest BCUT2D eigenvalue weighted by atomic mass is 35.6. The second-order valence-electron chi connectivity index (χ2n) is 19.0. The fourth-order valence-corrected chi connectivity index (χ4v) is 10.3. The molecule has 2 aromatic rings. The molecule has 1 amide bonds. The topological polar surface area (TPSA) is 163 Å². The van der Waals surface area contributed by atoms with Crippen LogP contribution in [0, 0.1) is 0 Å². The molecule has 2 aromatic carbocycles. The minimum absolute atomic E-state index is 0.0747. The van der Waals surface area contributed by atoms with E-state index < -0.39 is 67.0 Å². The van der Waals surface area contributed by atoms with Crippen molar-refractivity contribution in [1.82, 2.24) is 5.32 Å². The second-order valence-corrected chi connectivity index (χ2v) is 23.2. The number of nitrogens with one attached hydrogen (secondary N) is 1. The smallest absolute Gasteiger partial charge is 0.462 e. The molecule has 0 saturated carbocycles. The lowest BCUT2D eigenvalue weighted by molar-refractivity contribution is -0.271. The van der Waals surface area contributed by atoms with Crippen molar-refractivity contribution in [2.24, 2.45) is 0 Å². The van der Waals surface area contributed by atoms with Crippen LogP contribution in [0.25, 0.3) is 0 Å².